The first-order chi connectivity index (χ1) is 6.06. The number of nitrogens with one attached hydrogen (secondary N) is 1. The maximum atomic E-state index is 11.2. The molecule has 13 heavy (non-hydrogen) atoms. The highest BCUT2D eigenvalue weighted by Gasteiger charge is 2.05. The number of rotatable bonds is 6. The van der Waals surface area contributed by atoms with E-state index < -0.39 is 0 Å². The predicted octanol–water partition coefficient (Wildman–Crippen LogP) is 1.13. The van der Waals surface area contributed by atoms with Crippen molar-refractivity contribution in [2.75, 3.05) is 13.1 Å². The van der Waals surface area contributed by atoms with E-state index in [0.717, 1.165) is 13.0 Å². The minimum atomic E-state index is 0.147. The van der Waals surface area contributed by atoms with Crippen LogP contribution in [0.1, 0.15) is 33.6 Å². The van der Waals surface area contributed by atoms with Gasteiger partial charge in [0.25, 0.3) is 0 Å². The Labute approximate surface area is 81.1 Å². The van der Waals surface area contributed by atoms with E-state index in [1.807, 2.05) is 0 Å². The molecular formula is C10H22N2O. The highest BCUT2D eigenvalue weighted by Crippen LogP contribution is 2.02. The Morgan fingerprint density at radius 2 is 2.00 bits per heavy atom. The fourth-order valence-corrected chi connectivity index (χ4v) is 0.902. The molecule has 0 aliphatic rings. The van der Waals surface area contributed by atoms with Gasteiger partial charge in [-0.15, -0.1) is 0 Å². The highest BCUT2D eigenvalue weighted by molar-refractivity contribution is 5.75. The Bertz CT molecular complexity index is 146. The molecule has 0 heterocycles. The summed E-state index contributed by atoms with van der Waals surface area (Å²) in [5, 5.41) is 2.88. The molecule has 1 amide bonds. The number of amides is 1. The van der Waals surface area contributed by atoms with Gasteiger partial charge in [-0.1, -0.05) is 20.8 Å². The third-order valence-electron chi connectivity index (χ3n) is 1.97. The smallest absolute Gasteiger partial charge is 0.220 e. The van der Waals surface area contributed by atoms with Gasteiger partial charge in [0.15, 0.2) is 0 Å². The molecule has 0 radical (unpaired) electrons. The quantitative estimate of drug-likeness (QED) is 0.653. The minimum absolute atomic E-state index is 0.147. The summed E-state index contributed by atoms with van der Waals surface area (Å²) < 4.78 is 0. The normalized spacial score (nSPS) is 13.0. The zero-order valence-corrected chi connectivity index (χ0v) is 8.97. The second-order valence-electron chi connectivity index (χ2n) is 4.08. The highest BCUT2D eigenvalue weighted by atomic mass is 16.1. The van der Waals surface area contributed by atoms with Crippen molar-refractivity contribution in [3.8, 4) is 0 Å². The Hall–Kier alpha value is -0.570. The lowest BCUT2D eigenvalue weighted by Crippen LogP contribution is -2.27. The number of hydrogen-bond donors (Lipinski definition) is 2. The molecule has 0 aromatic rings. The zero-order chi connectivity index (χ0) is 10.3. The van der Waals surface area contributed by atoms with E-state index in [0.29, 0.717) is 24.8 Å². The van der Waals surface area contributed by atoms with Gasteiger partial charge in [0.1, 0.15) is 0 Å². The van der Waals surface area contributed by atoms with Crippen LogP contribution in [-0.4, -0.2) is 19.0 Å². The predicted molar refractivity (Wildman–Crippen MR) is 55.3 cm³/mol. The van der Waals surface area contributed by atoms with Crippen molar-refractivity contribution < 1.29 is 4.79 Å². The molecule has 0 fully saturated rings. The Balaban J connectivity index is 3.40. The molecule has 1 atom stereocenters. The van der Waals surface area contributed by atoms with Gasteiger partial charge in [0, 0.05) is 13.0 Å². The van der Waals surface area contributed by atoms with Crippen molar-refractivity contribution in [3.63, 3.8) is 0 Å². The van der Waals surface area contributed by atoms with Crippen molar-refractivity contribution in [2.45, 2.75) is 33.6 Å². The molecular weight excluding hydrogens is 164 g/mol. The first-order valence-electron chi connectivity index (χ1n) is 5.03. The van der Waals surface area contributed by atoms with Crippen LogP contribution in [-0.2, 0) is 4.79 Å². The molecule has 0 aromatic heterocycles. The van der Waals surface area contributed by atoms with Crippen LogP contribution in [0.4, 0.5) is 0 Å². The molecule has 1 unspecified atom stereocenters. The minimum Gasteiger partial charge on any atom is -0.356 e. The third-order valence-corrected chi connectivity index (χ3v) is 1.97. The Morgan fingerprint density at radius 3 is 2.46 bits per heavy atom. The van der Waals surface area contributed by atoms with Crippen LogP contribution in [0.25, 0.3) is 0 Å². The van der Waals surface area contributed by atoms with E-state index >= 15 is 0 Å². The van der Waals surface area contributed by atoms with Gasteiger partial charge >= 0.3 is 0 Å². The number of carbonyl (C=O) groups is 1. The van der Waals surface area contributed by atoms with Gasteiger partial charge in [0.05, 0.1) is 0 Å². The fraction of sp³-hybridized carbons (Fsp3) is 0.900. The van der Waals surface area contributed by atoms with Crippen LogP contribution in [0.15, 0.2) is 0 Å². The van der Waals surface area contributed by atoms with E-state index in [1.165, 1.54) is 0 Å². The van der Waals surface area contributed by atoms with Crippen LogP contribution in [0, 0.1) is 11.8 Å². The van der Waals surface area contributed by atoms with Crippen molar-refractivity contribution in [1.29, 1.82) is 0 Å². The Morgan fingerprint density at radius 1 is 1.38 bits per heavy atom. The van der Waals surface area contributed by atoms with Gasteiger partial charge in [-0.2, -0.15) is 0 Å². The number of carbonyl (C=O) groups excluding carboxylic acids is 1. The topological polar surface area (TPSA) is 55.1 Å². The molecule has 0 aliphatic carbocycles. The van der Waals surface area contributed by atoms with E-state index in [4.69, 9.17) is 5.73 Å². The van der Waals surface area contributed by atoms with Gasteiger partial charge in [-0.3, -0.25) is 4.79 Å². The molecule has 0 aliphatic heterocycles. The molecule has 0 saturated heterocycles. The summed E-state index contributed by atoms with van der Waals surface area (Å²) in [5.74, 6) is 1.12. The second-order valence-corrected chi connectivity index (χ2v) is 4.08. The lowest BCUT2D eigenvalue weighted by Gasteiger charge is -2.09. The molecule has 0 aromatic carbocycles. The lowest BCUT2D eigenvalue weighted by atomic mass is 10.1. The molecule has 3 nitrogen and oxygen atoms in total. The van der Waals surface area contributed by atoms with E-state index in [-0.39, 0.29) is 5.91 Å². The molecule has 0 bridgehead atoms. The number of hydrogen-bond acceptors (Lipinski definition) is 2. The van der Waals surface area contributed by atoms with E-state index in [2.05, 4.69) is 26.1 Å². The molecule has 0 spiro atoms. The Kier molecular flexibility index (Phi) is 6.59. The monoisotopic (exact) mass is 186 g/mol. The summed E-state index contributed by atoms with van der Waals surface area (Å²) in [7, 11) is 0. The standard InChI is InChI=1S/C10H22N2O/c1-8(2)7-12-10(13)5-4-9(3)6-11/h8-9H,4-7,11H2,1-3H3,(H,12,13). The van der Waals surface area contributed by atoms with Crippen molar-refractivity contribution in [3.05, 3.63) is 0 Å². The van der Waals surface area contributed by atoms with E-state index in [9.17, 15) is 4.79 Å². The van der Waals surface area contributed by atoms with Gasteiger partial charge in [0.2, 0.25) is 5.91 Å². The molecule has 3 heteroatoms. The lowest BCUT2D eigenvalue weighted by molar-refractivity contribution is -0.121. The van der Waals surface area contributed by atoms with Crippen LogP contribution >= 0.6 is 0 Å². The summed E-state index contributed by atoms with van der Waals surface area (Å²) in [6, 6.07) is 0. The SMILES string of the molecule is CC(C)CNC(=O)CCC(C)CN. The van der Waals surface area contributed by atoms with Crippen molar-refractivity contribution in [1.82, 2.24) is 5.32 Å². The number of nitrogens with two attached hydrogens (primary N) is 1. The van der Waals surface area contributed by atoms with Crippen molar-refractivity contribution >= 4 is 5.91 Å². The van der Waals surface area contributed by atoms with Gasteiger partial charge < -0.3 is 11.1 Å². The second kappa shape index (κ2) is 6.89. The molecule has 0 saturated carbocycles. The maximum absolute atomic E-state index is 11.2. The third kappa shape index (κ3) is 7.78. The average molecular weight is 186 g/mol. The summed E-state index contributed by atoms with van der Waals surface area (Å²) in [5.41, 5.74) is 5.45. The first kappa shape index (κ1) is 12.4. The van der Waals surface area contributed by atoms with Crippen LogP contribution in [0.2, 0.25) is 0 Å². The average Bonchev–Trinajstić information content (AvgIpc) is 2.10. The zero-order valence-electron chi connectivity index (χ0n) is 8.97. The van der Waals surface area contributed by atoms with Crippen LogP contribution in [0.5, 0.6) is 0 Å². The van der Waals surface area contributed by atoms with Gasteiger partial charge in [-0.25, -0.2) is 0 Å². The molecule has 0 rings (SSSR count). The van der Waals surface area contributed by atoms with Crippen molar-refractivity contribution in [2.24, 2.45) is 17.6 Å². The fourth-order valence-electron chi connectivity index (χ4n) is 0.902. The van der Waals surface area contributed by atoms with Crippen LogP contribution in [0.3, 0.4) is 0 Å². The van der Waals surface area contributed by atoms with Gasteiger partial charge in [-0.05, 0) is 24.8 Å². The molecule has 3 N–H and O–H groups in total. The maximum Gasteiger partial charge on any atom is 0.220 e. The first-order valence-corrected chi connectivity index (χ1v) is 5.03. The summed E-state index contributed by atoms with van der Waals surface area (Å²) in [6.45, 7) is 7.68. The summed E-state index contributed by atoms with van der Waals surface area (Å²) >= 11 is 0. The summed E-state index contributed by atoms with van der Waals surface area (Å²) in [4.78, 5) is 11.2. The molecule has 78 valence electrons. The summed E-state index contributed by atoms with van der Waals surface area (Å²) in [6.07, 6.45) is 1.49. The largest absolute Gasteiger partial charge is 0.356 e. The van der Waals surface area contributed by atoms with Crippen LogP contribution < -0.4 is 11.1 Å². The van der Waals surface area contributed by atoms with E-state index in [1.54, 1.807) is 0 Å².